The summed E-state index contributed by atoms with van der Waals surface area (Å²) in [6, 6.07) is 2.09. The molecule has 82 valence electrons. The van der Waals surface area contributed by atoms with E-state index in [1.807, 2.05) is 20.8 Å². The van der Waals surface area contributed by atoms with Gasteiger partial charge in [0, 0.05) is 12.2 Å². The van der Waals surface area contributed by atoms with Crippen molar-refractivity contribution in [2.75, 3.05) is 12.4 Å². The lowest BCUT2D eigenvalue weighted by Crippen LogP contribution is -2.13. The lowest BCUT2D eigenvalue weighted by Gasteiger charge is -2.11. The number of carbonyl (C=O) groups is 1. The second-order valence-corrected chi connectivity index (χ2v) is 3.68. The Hall–Kier alpha value is -1.58. The van der Waals surface area contributed by atoms with Gasteiger partial charge in [0.25, 0.3) is 0 Å². The largest absolute Gasteiger partial charge is 0.465 e. The Morgan fingerprint density at radius 1 is 1.53 bits per heavy atom. The van der Waals surface area contributed by atoms with Crippen molar-refractivity contribution in [3.8, 4) is 0 Å². The van der Waals surface area contributed by atoms with Gasteiger partial charge in [-0.05, 0) is 32.4 Å². The van der Waals surface area contributed by atoms with Gasteiger partial charge in [0.1, 0.15) is 5.82 Å². The molecule has 4 heteroatoms. The zero-order chi connectivity index (χ0) is 11.4. The van der Waals surface area contributed by atoms with Gasteiger partial charge in [-0.1, -0.05) is 0 Å². The molecule has 0 unspecified atom stereocenters. The minimum absolute atomic E-state index is 0.320. The van der Waals surface area contributed by atoms with Crippen molar-refractivity contribution in [2.45, 2.75) is 26.8 Å². The Bertz CT molecular complexity index is 362. The minimum Gasteiger partial charge on any atom is -0.465 e. The molecular weight excluding hydrogens is 192 g/mol. The van der Waals surface area contributed by atoms with E-state index in [1.165, 1.54) is 13.3 Å². The van der Waals surface area contributed by atoms with Crippen LogP contribution < -0.4 is 5.32 Å². The van der Waals surface area contributed by atoms with E-state index in [4.69, 9.17) is 0 Å². The van der Waals surface area contributed by atoms with Crippen LogP contribution in [0.25, 0.3) is 0 Å². The van der Waals surface area contributed by atoms with Gasteiger partial charge in [-0.25, -0.2) is 9.78 Å². The predicted octanol–water partition coefficient (Wildman–Crippen LogP) is 2.00. The number of methoxy groups -OCH3 is 1. The van der Waals surface area contributed by atoms with Gasteiger partial charge in [0.2, 0.25) is 0 Å². The summed E-state index contributed by atoms with van der Waals surface area (Å²) < 4.78 is 4.61. The molecule has 4 nitrogen and oxygen atoms in total. The van der Waals surface area contributed by atoms with Crippen LogP contribution in [0.2, 0.25) is 0 Å². The number of aryl methyl sites for hydroxylation is 1. The molecule has 0 aliphatic carbocycles. The first-order valence-corrected chi connectivity index (χ1v) is 4.86. The van der Waals surface area contributed by atoms with Crippen LogP contribution in [0.5, 0.6) is 0 Å². The van der Waals surface area contributed by atoms with E-state index in [1.54, 1.807) is 6.07 Å². The fraction of sp³-hybridized carbons (Fsp3) is 0.455. The number of aromatic nitrogens is 1. The molecule has 0 spiro atoms. The summed E-state index contributed by atoms with van der Waals surface area (Å²) in [5, 5.41) is 3.19. The summed E-state index contributed by atoms with van der Waals surface area (Å²) >= 11 is 0. The standard InChI is InChI=1S/C11H16N2O2/c1-7(2)13-10-8(3)5-9(6-12-10)11(14)15-4/h5-7H,1-4H3,(H,12,13). The zero-order valence-electron chi connectivity index (χ0n) is 9.50. The van der Waals surface area contributed by atoms with E-state index < -0.39 is 0 Å². The van der Waals surface area contributed by atoms with E-state index >= 15 is 0 Å². The molecule has 15 heavy (non-hydrogen) atoms. The van der Waals surface area contributed by atoms with E-state index in [0.29, 0.717) is 11.6 Å². The van der Waals surface area contributed by atoms with E-state index in [0.717, 1.165) is 11.4 Å². The highest BCUT2D eigenvalue weighted by Gasteiger charge is 2.08. The van der Waals surface area contributed by atoms with Crippen LogP contribution in [0.4, 0.5) is 5.82 Å². The fourth-order valence-electron chi connectivity index (χ4n) is 1.23. The van der Waals surface area contributed by atoms with Crippen LogP contribution in [-0.2, 0) is 4.74 Å². The summed E-state index contributed by atoms with van der Waals surface area (Å²) in [5.74, 6) is 0.444. The predicted molar refractivity (Wildman–Crippen MR) is 59.1 cm³/mol. The number of hydrogen-bond acceptors (Lipinski definition) is 4. The molecule has 0 bridgehead atoms. The Labute approximate surface area is 89.7 Å². The van der Waals surface area contributed by atoms with Crippen LogP contribution in [-0.4, -0.2) is 24.1 Å². The third-order valence-electron chi connectivity index (χ3n) is 1.92. The highest BCUT2D eigenvalue weighted by molar-refractivity contribution is 5.89. The van der Waals surface area contributed by atoms with Gasteiger partial charge >= 0.3 is 5.97 Å². The third-order valence-corrected chi connectivity index (χ3v) is 1.92. The Morgan fingerprint density at radius 3 is 2.67 bits per heavy atom. The number of carbonyl (C=O) groups excluding carboxylic acids is 1. The van der Waals surface area contributed by atoms with Gasteiger partial charge in [0.05, 0.1) is 12.7 Å². The summed E-state index contributed by atoms with van der Waals surface area (Å²) in [5.41, 5.74) is 1.41. The van der Waals surface area contributed by atoms with Crippen LogP contribution in [0.15, 0.2) is 12.3 Å². The van der Waals surface area contributed by atoms with Gasteiger partial charge in [0.15, 0.2) is 0 Å². The quantitative estimate of drug-likeness (QED) is 0.772. The smallest absolute Gasteiger partial charge is 0.339 e. The summed E-state index contributed by atoms with van der Waals surface area (Å²) in [7, 11) is 1.36. The molecule has 0 fully saturated rings. The molecule has 0 aromatic carbocycles. The molecule has 1 rings (SSSR count). The van der Waals surface area contributed by atoms with Gasteiger partial charge in [-0.3, -0.25) is 0 Å². The van der Waals surface area contributed by atoms with E-state index in [9.17, 15) is 4.79 Å². The van der Waals surface area contributed by atoms with Crippen molar-refractivity contribution in [3.05, 3.63) is 23.4 Å². The third kappa shape index (κ3) is 2.94. The maximum absolute atomic E-state index is 11.2. The number of rotatable bonds is 3. The van der Waals surface area contributed by atoms with Gasteiger partial charge < -0.3 is 10.1 Å². The number of pyridine rings is 1. The number of anilines is 1. The van der Waals surface area contributed by atoms with Crippen molar-refractivity contribution in [1.29, 1.82) is 0 Å². The molecule has 0 amide bonds. The van der Waals surface area contributed by atoms with Crippen molar-refractivity contribution in [3.63, 3.8) is 0 Å². The molecule has 1 aromatic heterocycles. The molecule has 0 aliphatic heterocycles. The first-order chi connectivity index (χ1) is 7.04. The maximum atomic E-state index is 11.2. The SMILES string of the molecule is COC(=O)c1cnc(NC(C)C)c(C)c1. The highest BCUT2D eigenvalue weighted by Crippen LogP contribution is 2.14. The number of esters is 1. The van der Waals surface area contributed by atoms with Crippen molar-refractivity contribution in [1.82, 2.24) is 4.98 Å². The molecule has 0 aliphatic rings. The Kier molecular flexibility index (Phi) is 3.66. The number of hydrogen-bond donors (Lipinski definition) is 1. The monoisotopic (exact) mass is 208 g/mol. The molecule has 1 aromatic rings. The molecule has 1 N–H and O–H groups in total. The van der Waals surface area contributed by atoms with Gasteiger partial charge in [-0.2, -0.15) is 0 Å². The first kappa shape index (κ1) is 11.5. The zero-order valence-corrected chi connectivity index (χ0v) is 9.50. The molecule has 0 saturated heterocycles. The van der Waals surface area contributed by atoms with Crippen molar-refractivity contribution >= 4 is 11.8 Å². The fourth-order valence-corrected chi connectivity index (χ4v) is 1.23. The molecule has 0 saturated carbocycles. The second kappa shape index (κ2) is 4.77. The Balaban J connectivity index is 2.93. The van der Waals surface area contributed by atoms with Crippen LogP contribution in [0.1, 0.15) is 29.8 Å². The van der Waals surface area contributed by atoms with Crippen LogP contribution in [0, 0.1) is 6.92 Å². The summed E-state index contributed by atoms with van der Waals surface area (Å²) in [6.07, 6.45) is 1.52. The summed E-state index contributed by atoms with van der Waals surface area (Å²) in [6.45, 7) is 5.98. The first-order valence-electron chi connectivity index (χ1n) is 4.86. The lowest BCUT2D eigenvalue weighted by molar-refractivity contribution is 0.0600. The van der Waals surface area contributed by atoms with Crippen molar-refractivity contribution < 1.29 is 9.53 Å². The minimum atomic E-state index is -0.360. The van der Waals surface area contributed by atoms with Crippen LogP contribution in [0.3, 0.4) is 0 Å². The number of nitrogens with zero attached hydrogens (tertiary/aromatic N) is 1. The van der Waals surface area contributed by atoms with E-state index in [-0.39, 0.29) is 5.97 Å². The normalized spacial score (nSPS) is 10.2. The average Bonchev–Trinajstić information content (AvgIpc) is 2.19. The number of nitrogens with one attached hydrogen (secondary N) is 1. The van der Waals surface area contributed by atoms with Crippen molar-refractivity contribution in [2.24, 2.45) is 0 Å². The summed E-state index contributed by atoms with van der Waals surface area (Å²) in [4.78, 5) is 15.4. The molecule has 0 radical (unpaired) electrons. The Morgan fingerprint density at radius 2 is 2.20 bits per heavy atom. The second-order valence-electron chi connectivity index (χ2n) is 3.68. The molecule has 1 heterocycles. The topological polar surface area (TPSA) is 51.2 Å². The molecular formula is C11H16N2O2. The molecule has 0 atom stereocenters. The highest BCUT2D eigenvalue weighted by atomic mass is 16.5. The lowest BCUT2D eigenvalue weighted by atomic mass is 10.2. The number of ether oxygens (including phenoxy) is 1. The van der Waals surface area contributed by atoms with E-state index in [2.05, 4.69) is 15.0 Å². The average molecular weight is 208 g/mol. The van der Waals surface area contributed by atoms with Crippen LogP contribution >= 0.6 is 0 Å². The maximum Gasteiger partial charge on any atom is 0.339 e. The van der Waals surface area contributed by atoms with Gasteiger partial charge in [-0.15, -0.1) is 0 Å².